The molecule has 0 bridgehead atoms. The maximum Gasteiger partial charge on any atom is 0.358 e. The van der Waals surface area contributed by atoms with Crippen LogP contribution in [0.5, 0.6) is 0 Å². The normalized spacial score (nSPS) is 17.8. The lowest BCUT2D eigenvalue weighted by Gasteiger charge is -2.17. The molecule has 1 aliphatic rings. The van der Waals surface area contributed by atoms with Crippen LogP contribution in [0.4, 0.5) is 0 Å². The highest BCUT2D eigenvalue weighted by molar-refractivity contribution is 5.97. The molecule has 0 aromatic heterocycles. The molecule has 0 aliphatic carbocycles. The number of ether oxygens (including phenoxy) is 2. The quantitative estimate of drug-likeness (QED) is 0.307. The minimum absolute atomic E-state index is 0.245. The van der Waals surface area contributed by atoms with E-state index in [9.17, 15) is 4.79 Å². The number of amidine groups is 1. The van der Waals surface area contributed by atoms with Gasteiger partial charge in [-0.25, -0.2) is 4.79 Å². The monoisotopic (exact) mass is 226 g/mol. The summed E-state index contributed by atoms with van der Waals surface area (Å²) in [6.07, 6.45) is 5.45. The molecule has 16 heavy (non-hydrogen) atoms. The van der Waals surface area contributed by atoms with Gasteiger partial charge in [0.15, 0.2) is 11.5 Å². The SMILES string of the molecule is CO/C=C(/C(=O)OC)N1C=CC/C1=N\OC. The van der Waals surface area contributed by atoms with Crippen molar-refractivity contribution in [2.24, 2.45) is 5.16 Å². The van der Waals surface area contributed by atoms with Crippen LogP contribution >= 0.6 is 0 Å². The molecular weight excluding hydrogens is 212 g/mol. The molecule has 0 saturated heterocycles. The molecule has 0 amide bonds. The second-order valence-corrected chi connectivity index (χ2v) is 2.88. The van der Waals surface area contributed by atoms with Gasteiger partial charge in [-0.3, -0.25) is 4.90 Å². The maximum absolute atomic E-state index is 11.5. The zero-order valence-corrected chi connectivity index (χ0v) is 9.47. The van der Waals surface area contributed by atoms with Crippen molar-refractivity contribution in [3.63, 3.8) is 0 Å². The maximum atomic E-state index is 11.5. The predicted molar refractivity (Wildman–Crippen MR) is 57.1 cm³/mol. The summed E-state index contributed by atoms with van der Waals surface area (Å²) in [5.41, 5.74) is 0.245. The first-order chi connectivity index (χ1) is 7.74. The van der Waals surface area contributed by atoms with Gasteiger partial charge in [0.05, 0.1) is 14.2 Å². The topological polar surface area (TPSA) is 60.4 Å². The predicted octanol–water partition coefficient (Wildman–Crippen LogP) is 0.827. The molecule has 0 spiro atoms. The first-order valence-electron chi connectivity index (χ1n) is 4.61. The third kappa shape index (κ3) is 2.53. The second-order valence-electron chi connectivity index (χ2n) is 2.88. The Morgan fingerprint density at radius 1 is 1.50 bits per heavy atom. The van der Waals surface area contributed by atoms with Gasteiger partial charge in [-0.1, -0.05) is 11.2 Å². The lowest BCUT2D eigenvalue weighted by Crippen LogP contribution is -2.27. The lowest BCUT2D eigenvalue weighted by atomic mass is 10.4. The van der Waals surface area contributed by atoms with Gasteiger partial charge in [-0.05, 0) is 0 Å². The number of oxime groups is 1. The molecule has 1 heterocycles. The van der Waals surface area contributed by atoms with E-state index in [1.807, 2.05) is 6.08 Å². The average molecular weight is 226 g/mol. The largest absolute Gasteiger partial charge is 0.502 e. The molecule has 6 heteroatoms. The van der Waals surface area contributed by atoms with Gasteiger partial charge < -0.3 is 14.3 Å². The molecule has 6 nitrogen and oxygen atoms in total. The zero-order chi connectivity index (χ0) is 12.0. The number of carbonyl (C=O) groups excluding carboxylic acids is 1. The van der Waals surface area contributed by atoms with Crippen LogP contribution < -0.4 is 0 Å². The van der Waals surface area contributed by atoms with E-state index >= 15 is 0 Å². The number of carbonyl (C=O) groups is 1. The van der Waals surface area contributed by atoms with E-state index in [0.717, 1.165) is 0 Å². The summed E-state index contributed by atoms with van der Waals surface area (Å²) >= 11 is 0. The molecule has 0 aromatic carbocycles. The van der Waals surface area contributed by atoms with Crippen LogP contribution in [0, 0.1) is 0 Å². The Hall–Kier alpha value is -1.98. The van der Waals surface area contributed by atoms with Crippen molar-refractivity contribution in [1.29, 1.82) is 0 Å². The Morgan fingerprint density at radius 2 is 2.25 bits per heavy atom. The summed E-state index contributed by atoms with van der Waals surface area (Å²) in [5.74, 6) is 0.0911. The van der Waals surface area contributed by atoms with Crippen molar-refractivity contribution < 1.29 is 19.1 Å². The fraction of sp³-hybridized carbons (Fsp3) is 0.400. The molecule has 0 aromatic rings. The highest BCUT2D eigenvalue weighted by Crippen LogP contribution is 2.17. The van der Waals surface area contributed by atoms with E-state index in [1.165, 1.54) is 27.6 Å². The van der Waals surface area contributed by atoms with E-state index in [0.29, 0.717) is 12.3 Å². The van der Waals surface area contributed by atoms with Gasteiger partial charge in [-0.2, -0.15) is 0 Å². The van der Waals surface area contributed by atoms with Crippen molar-refractivity contribution in [3.8, 4) is 0 Å². The Kier molecular flexibility index (Phi) is 4.38. The summed E-state index contributed by atoms with van der Waals surface area (Å²) in [4.78, 5) is 17.7. The van der Waals surface area contributed by atoms with Gasteiger partial charge in [0.25, 0.3) is 0 Å². The van der Waals surface area contributed by atoms with E-state index < -0.39 is 5.97 Å². The summed E-state index contributed by atoms with van der Waals surface area (Å²) in [5, 5.41) is 3.80. The summed E-state index contributed by atoms with van der Waals surface area (Å²) in [6, 6.07) is 0. The number of rotatable bonds is 4. The van der Waals surface area contributed by atoms with Crippen molar-refractivity contribution in [2.45, 2.75) is 6.42 Å². The second kappa shape index (κ2) is 5.79. The van der Waals surface area contributed by atoms with Crippen LogP contribution in [0.2, 0.25) is 0 Å². The summed E-state index contributed by atoms with van der Waals surface area (Å²) in [7, 11) is 4.20. The van der Waals surface area contributed by atoms with Crippen molar-refractivity contribution in [3.05, 3.63) is 24.2 Å². The van der Waals surface area contributed by atoms with Crippen LogP contribution in [0.25, 0.3) is 0 Å². The Morgan fingerprint density at radius 3 is 2.81 bits per heavy atom. The molecular formula is C10H14N2O4. The van der Waals surface area contributed by atoms with Gasteiger partial charge in [0, 0.05) is 12.6 Å². The molecule has 0 radical (unpaired) electrons. The lowest BCUT2D eigenvalue weighted by molar-refractivity contribution is -0.137. The molecule has 0 fully saturated rings. The van der Waals surface area contributed by atoms with E-state index in [4.69, 9.17) is 4.74 Å². The Bertz CT molecular complexity index is 347. The van der Waals surface area contributed by atoms with E-state index in [2.05, 4.69) is 14.7 Å². The smallest absolute Gasteiger partial charge is 0.358 e. The van der Waals surface area contributed by atoms with Crippen LogP contribution in [0.1, 0.15) is 6.42 Å². The third-order valence-electron chi connectivity index (χ3n) is 1.91. The highest BCUT2D eigenvalue weighted by Gasteiger charge is 2.24. The minimum Gasteiger partial charge on any atom is -0.502 e. The van der Waals surface area contributed by atoms with Crippen LogP contribution in [0.3, 0.4) is 0 Å². The van der Waals surface area contributed by atoms with Gasteiger partial charge in [0.1, 0.15) is 13.4 Å². The summed E-state index contributed by atoms with van der Waals surface area (Å²) in [6.45, 7) is 0. The number of hydrogen-bond acceptors (Lipinski definition) is 5. The number of methoxy groups -OCH3 is 2. The minimum atomic E-state index is -0.503. The van der Waals surface area contributed by atoms with Crippen LogP contribution in [-0.2, 0) is 19.1 Å². The molecule has 1 rings (SSSR count). The molecule has 1 aliphatic heterocycles. The van der Waals surface area contributed by atoms with E-state index in [1.54, 1.807) is 11.1 Å². The third-order valence-corrected chi connectivity index (χ3v) is 1.91. The van der Waals surface area contributed by atoms with E-state index in [-0.39, 0.29) is 5.70 Å². The molecule has 88 valence electrons. The van der Waals surface area contributed by atoms with Gasteiger partial charge >= 0.3 is 5.97 Å². The fourth-order valence-electron chi connectivity index (χ4n) is 1.27. The van der Waals surface area contributed by atoms with Crippen LogP contribution in [-0.4, -0.2) is 38.0 Å². The first-order valence-corrected chi connectivity index (χ1v) is 4.61. The molecule has 0 atom stereocenters. The first kappa shape index (κ1) is 12.1. The van der Waals surface area contributed by atoms with Crippen molar-refractivity contribution in [1.82, 2.24) is 4.90 Å². The molecule has 0 unspecified atom stereocenters. The molecule has 0 saturated carbocycles. The summed E-state index contributed by atoms with van der Waals surface area (Å²) < 4.78 is 9.48. The van der Waals surface area contributed by atoms with Gasteiger partial charge in [0.2, 0.25) is 0 Å². The van der Waals surface area contributed by atoms with Crippen LogP contribution in [0.15, 0.2) is 29.4 Å². The standard InChI is InChI=1S/C10H14N2O4/c1-14-7-8(10(13)15-2)12-6-4-5-9(12)11-16-3/h4,6-7H,5H2,1-3H3/b8-7-,11-9+. The van der Waals surface area contributed by atoms with Gasteiger partial charge in [-0.15, -0.1) is 0 Å². The number of nitrogens with zero attached hydrogens (tertiary/aromatic N) is 2. The zero-order valence-electron chi connectivity index (χ0n) is 9.47. The fourth-order valence-corrected chi connectivity index (χ4v) is 1.27. The Balaban J connectivity index is 2.95. The highest BCUT2D eigenvalue weighted by atomic mass is 16.6. The molecule has 0 N–H and O–H groups in total. The van der Waals surface area contributed by atoms with Crippen molar-refractivity contribution in [2.75, 3.05) is 21.3 Å². The van der Waals surface area contributed by atoms with Crippen molar-refractivity contribution >= 4 is 11.8 Å². The average Bonchev–Trinajstić information content (AvgIpc) is 2.73. The Labute approximate surface area is 93.8 Å². The number of esters is 1. The number of hydrogen-bond donors (Lipinski definition) is 0.